The van der Waals surface area contributed by atoms with E-state index in [2.05, 4.69) is 20.8 Å². The van der Waals surface area contributed by atoms with Gasteiger partial charge in [0.05, 0.1) is 0 Å². The normalized spacial score (nSPS) is 16.3. The van der Waals surface area contributed by atoms with Gasteiger partial charge in [-0.15, -0.1) is 12.4 Å². The monoisotopic (exact) mass is 361 g/mol. The van der Waals surface area contributed by atoms with Gasteiger partial charge in [-0.1, -0.05) is 6.07 Å². The summed E-state index contributed by atoms with van der Waals surface area (Å²) < 4.78 is 0. The number of nitrogens with zero attached hydrogens (tertiary/aromatic N) is 2. The average molecular weight is 362 g/mol. The Morgan fingerprint density at radius 2 is 2.16 bits per heavy atom. The lowest BCUT2D eigenvalue weighted by atomic mass is 10.1. The van der Waals surface area contributed by atoms with E-state index >= 15 is 0 Å². The molecule has 4 rings (SSSR count). The number of hydrogen-bond donors (Lipinski definition) is 3. The Labute approximate surface area is 151 Å². The highest BCUT2D eigenvalue weighted by Gasteiger charge is 2.23. The number of anilines is 2. The van der Waals surface area contributed by atoms with E-state index in [1.807, 2.05) is 24.3 Å². The number of benzene rings is 1. The Morgan fingerprint density at radius 3 is 2.96 bits per heavy atom. The maximum Gasteiger partial charge on any atom is 0.276 e. The standard InChI is InChI=1S/C17H19N5O2.ClH/c23-15-5-2-8-22(15)12-4-1-3-11(9-12)19-17(24)16-13-10-18-7-6-14(13)20-21-16;/h1,3-4,9,18H,2,5-8,10H2,(H,19,24)(H,20,21);1H. The largest absolute Gasteiger partial charge is 0.321 e. The fourth-order valence-electron chi connectivity index (χ4n) is 3.28. The predicted molar refractivity (Wildman–Crippen MR) is 97.2 cm³/mol. The van der Waals surface area contributed by atoms with E-state index in [0.717, 1.165) is 42.9 Å². The zero-order chi connectivity index (χ0) is 16.5. The summed E-state index contributed by atoms with van der Waals surface area (Å²) in [7, 11) is 0. The smallest absolute Gasteiger partial charge is 0.276 e. The van der Waals surface area contributed by atoms with Crippen molar-refractivity contribution in [1.29, 1.82) is 0 Å². The van der Waals surface area contributed by atoms with Gasteiger partial charge in [-0.3, -0.25) is 14.7 Å². The number of H-pyrrole nitrogens is 1. The summed E-state index contributed by atoms with van der Waals surface area (Å²) in [4.78, 5) is 26.2. The van der Waals surface area contributed by atoms with E-state index < -0.39 is 0 Å². The molecule has 0 spiro atoms. The molecule has 25 heavy (non-hydrogen) atoms. The Balaban J connectivity index is 0.00000182. The van der Waals surface area contributed by atoms with Crippen LogP contribution >= 0.6 is 12.4 Å². The fourth-order valence-corrected chi connectivity index (χ4v) is 3.28. The molecule has 1 saturated heterocycles. The molecule has 2 amide bonds. The molecular weight excluding hydrogens is 342 g/mol. The summed E-state index contributed by atoms with van der Waals surface area (Å²) in [5, 5.41) is 13.3. The van der Waals surface area contributed by atoms with Crippen molar-refractivity contribution < 1.29 is 9.59 Å². The highest BCUT2D eigenvalue weighted by Crippen LogP contribution is 2.25. The molecule has 2 aliphatic heterocycles. The van der Waals surface area contributed by atoms with E-state index in [0.29, 0.717) is 24.3 Å². The summed E-state index contributed by atoms with van der Waals surface area (Å²) in [5.74, 6) is -0.105. The molecule has 7 nitrogen and oxygen atoms in total. The number of fused-ring (bicyclic) bond motifs is 1. The lowest BCUT2D eigenvalue weighted by Crippen LogP contribution is -2.25. The molecule has 0 saturated carbocycles. The molecule has 3 N–H and O–H groups in total. The van der Waals surface area contributed by atoms with Gasteiger partial charge in [-0.25, -0.2) is 0 Å². The highest BCUT2D eigenvalue weighted by atomic mass is 35.5. The van der Waals surface area contributed by atoms with Crippen LogP contribution < -0.4 is 15.5 Å². The Kier molecular flexibility index (Phi) is 5.06. The van der Waals surface area contributed by atoms with Gasteiger partial charge in [0.15, 0.2) is 5.69 Å². The number of aromatic amines is 1. The lowest BCUT2D eigenvalue weighted by molar-refractivity contribution is -0.117. The van der Waals surface area contributed by atoms with Crippen molar-refractivity contribution in [2.24, 2.45) is 0 Å². The second-order valence-corrected chi connectivity index (χ2v) is 6.11. The van der Waals surface area contributed by atoms with Crippen molar-refractivity contribution in [3.63, 3.8) is 0 Å². The van der Waals surface area contributed by atoms with E-state index in [1.165, 1.54) is 0 Å². The van der Waals surface area contributed by atoms with Gasteiger partial charge in [-0.2, -0.15) is 5.10 Å². The summed E-state index contributed by atoms with van der Waals surface area (Å²) in [6, 6.07) is 7.38. The fraction of sp³-hybridized carbons (Fsp3) is 0.353. The second-order valence-electron chi connectivity index (χ2n) is 6.11. The van der Waals surface area contributed by atoms with Crippen LogP contribution in [-0.4, -0.2) is 35.1 Å². The summed E-state index contributed by atoms with van der Waals surface area (Å²) in [5.41, 5.74) is 3.87. The van der Waals surface area contributed by atoms with Crippen LogP contribution in [0.3, 0.4) is 0 Å². The van der Waals surface area contributed by atoms with E-state index in [4.69, 9.17) is 0 Å². The maximum absolute atomic E-state index is 12.5. The van der Waals surface area contributed by atoms with Crippen LogP contribution in [0, 0.1) is 0 Å². The Hall–Kier alpha value is -2.38. The van der Waals surface area contributed by atoms with Crippen LogP contribution in [0.25, 0.3) is 0 Å². The number of nitrogens with one attached hydrogen (secondary N) is 3. The molecule has 1 aromatic heterocycles. The number of rotatable bonds is 3. The number of carbonyl (C=O) groups is 2. The van der Waals surface area contributed by atoms with Crippen LogP contribution in [0.2, 0.25) is 0 Å². The molecule has 0 bridgehead atoms. The Bertz CT molecular complexity index is 804. The third-order valence-electron chi connectivity index (χ3n) is 4.51. The first-order valence-corrected chi connectivity index (χ1v) is 8.21. The zero-order valence-electron chi connectivity index (χ0n) is 13.7. The second kappa shape index (κ2) is 7.25. The van der Waals surface area contributed by atoms with Crippen molar-refractivity contribution in [3.8, 4) is 0 Å². The number of amides is 2. The minimum absolute atomic E-state index is 0. The van der Waals surface area contributed by atoms with Gasteiger partial charge in [0.2, 0.25) is 5.91 Å². The van der Waals surface area contributed by atoms with Gasteiger partial charge >= 0.3 is 0 Å². The molecule has 1 aromatic carbocycles. The molecule has 132 valence electrons. The first-order chi connectivity index (χ1) is 11.7. The van der Waals surface area contributed by atoms with Crippen LogP contribution in [0.5, 0.6) is 0 Å². The lowest BCUT2D eigenvalue weighted by Gasteiger charge is -2.17. The van der Waals surface area contributed by atoms with Crippen LogP contribution in [0.15, 0.2) is 24.3 Å². The first kappa shape index (κ1) is 17.4. The summed E-state index contributed by atoms with van der Waals surface area (Å²) in [6.07, 6.45) is 2.31. The van der Waals surface area contributed by atoms with Crippen LogP contribution in [-0.2, 0) is 17.8 Å². The minimum Gasteiger partial charge on any atom is -0.321 e. The zero-order valence-corrected chi connectivity index (χ0v) is 14.5. The molecule has 2 aromatic rings. The van der Waals surface area contributed by atoms with Crippen molar-refractivity contribution in [3.05, 3.63) is 41.2 Å². The van der Waals surface area contributed by atoms with Gasteiger partial charge in [0, 0.05) is 55.1 Å². The minimum atomic E-state index is -0.235. The maximum atomic E-state index is 12.5. The van der Waals surface area contributed by atoms with Crippen molar-refractivity contribution >= 4 is 35.6 Å². The van der Waals surface area contributed by atoms with Crippen molar-refractivity contribution in [1.82, 2.24) is 15.5 Å². The quantitative estimate of drug-likeness (QED) is 0.778. The summed E-state index contributed by atoms with van der Waals surface area (Å²) in [6.45, 7) is 2.27. The van der Waals surface area contributed by atoms with Crippen LogP contribution in [0.1, 0.15) is 34.6 Å². The molecule has 1 fully saturated rings. The Morgan fingerprint density at radius 1 is 1.28 bits per heavy atom. The molecular formula is C17H20ClN5O2. The topological polar surface area (TPSA) is 90.1 Å². The summed E-state index contributed by atoms with van der Waals surface area (Å²) >= 11 is 0. The number of aromatic nitrogens is 2. The molecule has 0 unspecified atom stereocenters. The SMILES string of the molecule is Cl.O=C(Nc1cccc(N2CCCC2=O)c1)c1n[nH]c2c1CNCC2. The van der Waals surface area contributed by atoms with E-state index in [1.54, 1.807) is 4.90 Å². The van der Waals surface area contributed by atoms with Gasteiger partial charge in [-0.05, 0) is 24.6 Å². The van der Waals surface area contributed by atoms with E-state index in [9.17, 15) is 9.59 Å². The molecule has 0 radical (unpaired) electrons. The van der Waals surface area contributed by atoms with Gasteiger partial charge < -0.3 is 15.5 Å². The van der Waals surface area contributed by atoms with Crippen molar-refractivity contribution in [2.45, 2.75) is 25.8 Å². The highest BCUT2D eigenvalue weighted by molar-refractivity contribution is 6.04. The third kappa shape index (κ3) is 3.38. The predicted octanol–water partition coefficient (Wildman–Crippen LogP) is 1.86. The molecule has 2 aliphatic rings. The van der Waals surface area contributed by atoms with Crippen LogP contribution in [0.4, 0.5) is 11.4 Å². The third-order valence-corrected chi connectivity index (χ3v) is 4.51. The molecule has 8 heteroatoms. The van der Waals surface area contributed by atoms with Crippen molar-refractivity contribution in [2.75, 3.05) is 23.3 Å². The average Bonchev–Trinajstić information content (AvgIpc) is 3.21. The molecule has 0 atom stereocenters. The molecule has 0 aliphatic carbocycles. The number of carbonyl (C=O) groups excluding carboxylic acids is 2. The number of hydrogen-bond acceptors (Lipinski definition) is 4. The molecule has 3 heterocycles. The van der Waals surface area contributed by atoms with Gasteiger partial charge in [0.25, 0.3) is 5.91 Å². The first-order valence-electron chi connectivity index (χ1n) is 8.21. The van der Waals surface area contributed by atoms with Gasteiger partial charge in [0.1, 0.15) is 0 Å². The number of halogens is 1. The van der Waals surface area contributed by atoms with E-state index in [-0.39, 0.29) is 24.2 Å².